The van der Waals surface area contributed by atoms with Crippen LogP contribution in [0.3, 0.4) is 0 Å². The van der Waals surface area contributed by atoms with Crippen LogP contribution in [0.5, 0.6) is 0 Å². The highest BCUT2D eigenvalue weighted by Crippen LogP contribution is 2.27. The summed E-state index contributed by atoms with van der Waals surface area (Å²) in [6.45, 7) is 6.39. The van der Waals surface area contributed by atoms with Crippen molar-refractivity contribution in [3.8, 4) is 0 Å². The molecule has 0 bridgehead atoms. The highest BCUT2D eigenvalue weighted by atomic mass is 19.1. The standard InChI is InChI=1S/C12H23FN2.C2H6/c1-14-12-6-5-10(9-11(12)13)15-7-3-2-4-8-15;1-2/h10-12,14H,2-9H2,1H3;1-2H3. The number of rotatable bonds is 2. The van der Waals surface area contributed by atoms with E-state index in [0.29, 0.717) is 6.04 Å². The maximum absolute atomic E-state index is 13.8. The number of hydrogen-bond donors (Lipinski definition) is 1. The Labute approximate surface area is 106 Å². The maximum atomic E-state index is 13.8. The molecule has 1 N–H and O–H groups in total. The topological polar surface area (TPSA) is 15.3 Å². The number of alkyl halides is 1. The van der Waals surface area contributed by atoms with E-state index in [2.05, 4.69) is 10.2 Å². The predicted molar refractivity (Wildman–Crippen MR) is 72.2 cm³/mol. The first kappa shape index (κ1) is 14.9. The first-order valence-electron chi connectivity index (χ1n) is 7.36. The van der Waals surface area contributed by atoms with Gasteiger partial charge in [-0.05, 0) is 52.2 Å². The smallest absolute Gasteiger partial charge is 0.117 e. The van der Waals surface area contributed by atoms with Gasteiger partial charge in [0.15, 0.2) is 0 Å². The molecule has 1 aliphatic heterocycles. The molecule has 0 aromatic carbocycles. The molecule has 1 saturated carbocycles. The minimum Gasteiger partial charge on any atom is -0.314 e. The van der Waals surface area contributed by atoms with Crippen LogP contribution in [-0.2, 0) is 0 Å². The fourth-order valence-electron chi connectivity index (χ4n) is 3.04. The Balaban J connectivity index is 0.000000686. The molecule has 1 saturated heterocycles. The molecule has 3 atom stereocenters. The second-order valence-electron chi connectivity index (χ2n) is 4.97. The Bertz CT molecular complexity index is 193. The summed E-state index contributed by atoms with van der Waals surface area (Å²) >= 11 is 0. The van der Waals surface area contributed by atoms with Gasteiger partial charge in [-0.25, -0.2) is 4.39 Å². The Morgan fingerprint density at radius 1 is 1.06 bits per heavy atom. The van der Waals surface area contributed by atoms with Crippen molar-refractivity contribution < 1.29 is 4.39 Å². The van der Waals surface area contributed by atoms with Crippen molar-refractivity contribution in [2.45, 2.75) is 70.6 Å². The molecule has 0 aromatic rings. The van der Waals surface area contributed by atoms with Crippen molar-refractivity contribution in [1.82, 2.24) is 10.2 Å². The summed E-state index contributed by atoms with van der Waals surface area (Å²) in [7, 11) is 1.87. The number of hydrogen-bond acceptors (Lipinski definition) is 2. The van der Waals surface area contributed by atoms with Crippen LogP contribution in [0.15, 0.2) is 0 Å². The predicted octanol–water partition coefficient (Wildman–Crippen LogP) is 2.98. The van der Waals surface area contributed by atoms with E-state index in [1.165, 1.54) is 38.8 Å². The molecule has 0 aromatic heterocycles. The third-order valence-electron chi connectivity index (χ3n) is 4.02. The van der Waals surface area contributed by atoms with Gasteiger partial charge in [0.1, 0.15) is 6.17 Å². The quantitative estimate of drug-likeness (QED) is 0.803. The molecular formula is C14H29FN2. The fourth-order valence-corrected chi connectivity index (χ4v) is 3.04. The lowest BCUT2D eigenvalue weighted by Crippen LogP contribution is -2.48. The van der Waals surface area contributed by atoms with Crippen molar-refractivity contribution >= 4 is 0 Å². The number of piperidine rings is 1. The van der Waals surface area contributed by atoms with Crippen molar-refractivity contribution in [1.29, 1.82) is 0 Å². The summed E-state index contributed by atoms with van der Waals surface area (Å²) in [5, 5.41) is 3.08. The van der Waals surface area contributed by atoms with Crippen LogP contribution in [0.4, 0.5) is 4.39 Å². The number of likely N-dealkylation sites (tertiary alicyclic amines) is 1. The number of nitrogens with zero attached hydrogens (tertiary/aromatic N) is 1. The zero-order valence-electron chi connectivity index (χ0n) is 11.7. The van der Waals surface area contributed by atoms with Gasteiger partial charge in [0.2, 0.25) is 0 Å². The molecule has 2 rings (SSSR count). The third-order valence-corrected chi connectivity index (χ3v) is 4.02. The highest BCUT2D eigenvalue weighted by molar-refractivity contribution is 4.89. The lowest BCUT2D eigenvalue weighted by molar-refractivity contribution is 0.0765. The Hall–Kier alpha value is -0.150. The summed E-state index contributed by atoms with van der Waals surface area (Å²) < 4.78 is 13.8. The molecule has 102 valence electrons. The van der Waals surface area contributed by atoms with Crippen LogP contribution in [-0.4, -0.2) is 43.3 Å². The van der Waals surface area contributed by atoms with Crippen molar-refractivity contribution in [3.63, 3.8) is 0 Å². The minimum atomic E-state index is -0.643. The lowest BCUT2D eigenvalue weighted by atomic mass is 9.88. The molecule has 17 heavy (non-hydrogen) atoms. The first-order valence-corrected chi connectivity index (χ1v) is 7.36. The zero-order chi connectivity index (χ0) is 12.7. The average molecular weight is 244 g/mol. The van der Waals surface area contributed by atoms with Crippen LogP contribution in [0, 0.1) is 0 Å². The molecule has 0 amide bonds. The van der Waals surface area contributed by atoms with E-state index in [9.17, 15) is 4.39 Å². The van der Waals surface area contributed by atoms with Gasteiger partial charge in [-0.1, -0.05) is 20.3 Å². The van der Waals surface area contributed by atoms with E-state index >= 15 is 0 Å². The van der Waals surface area contributed by atoms with Crippen LogP contribution >= 0.6 is 0 Å². The molecule has 1 aliphatic carbocycles. The molecule has 3 heteroatoms. The first-order chi connectivity index (χ1) is 8.31. The third kappa shape index (κ3) is 4.22. The Morgan fingerprint density at radius 3 is 2.24 bits per heavy atom. The zero-order valence-corrected chi connectivity index (χ0v) is 11.7. The molecule has 1 heterocycles. The van der Waals surface area contributed by atoms with Gasteiger partial charge in [0.25, 0.3) is 0 Å². The normalized spacial score (nSPS) is 34.9. The van der Waals surface area contributed by atoms with Crippen molar-refractivity contribution in [2.75, 3.05) is 20.1 Å². The van der Waals surface area contributed by atoms with E-state index in [1.54, 1.807) is 0 Å². The van der Waals surface area contributed by atoms with E-state index in [4.69, 9.17) is 0 Å². The molecule has 3 unspecified atom stereocenters. The lowest BCUT2D eigenvalue weighted by Gasteiger charge is -2.40. The van der Waals surface area contributed by atoms with Crippen LogP contribution in [0.25, 0.3) is 0 Å². The second-order valence-corrected chi connectivity index (χ2v) is 4.97. The summed E-state index contributed by atoms with van der Waals surface area (Å²) in [6.07, 6.45) is 6.25. The molecule has 2 aliphatic rings. The molecule has 2 fully saturated rings. The summed E-state index contributed by atoms with van der Waals surface area (Å²) in [5.41, 5.74) is 0. The average Bonchev–Trinajstić information content (AvgIpc) is 2.42. The number of halogens is 1. The van der Waals surface area contributed by atoms with Gasteiger partial charge in [-0.3, -0.25) is 0 Å². The Morgan fingerprint density at radius 2 is 1.71 bits per heavy atom. The molecule has 2 nitrogen and oxygen atoms in total. The SMILES string of the molecule is CC.CNC1CCC(N2CCCCC2)CC1F. The van der Waals surface area contributed by atoms with Crippen LogP contribution in [0.1, 0.15) is 52.4 Å². The molecule has 0 radical (unpaired) electrons. The fraction of sp³-hybridized carbons (Fsp3) is 1.00. The molecule has 0 spiro atoms. The number of nitrogens with one attached hydrogen (secondary N) is 1. The van der Waals surface area contributed by atoms with Crippen LogP contribution in [0.2, 0.25) is 0 Å². The van der Waals surface area contributed by atoms with Gasteiger partial charge < -0.3 is 10.2 Å². The van der Waals surface area contributed by atoms with Gasteiger partial charge in [-0.2, -0.15) is 0 Å². The van der Waals surface area contributed by atoms with E-state index in [1.807, 2.05) is 20.9 Å². The van der Waals surface area contributed by atoms with E-state index < -0.39 is 6.17 Å². The Kier molecular flexibility index (Phi) is 7.05. The van der Waals surface area contributed by atoms with Gasteiger partial charge in [-0.15, -0.1) is 0 Å². The van der Waals surface area contributed by atoms with Gasteiger partial charge >= 0.3 is 0 Å². The molecular weight excluding hydrogens is 215 g/mol. The van der Waals surface area contributed by atoms with Crippen molar-refractivity contribution in [3.05, 3.63) is 0 Å². The highest BCUT2D eigenvalue weighted by Gasteiger charge is 2.32. The van der Waals surface area contributed by atoms with E-state index in [-0.39, 0.29) is 6.04 Å². The van der Waals surface area contributed by atoms with Crippen LogP contribution < -0.4 is 5.32 Å². The van der Waals surface area contributed by atoms with Gasteiger partial charge in [0, 0.05) is 12.1 Å². The largest absolute Gasteiger partial charge is 0.314 e. The summed E-state index contributed by atoms with van der Waals surface area (Å²) in [6, 6.07) is 0.621. The van der Waals surface area contributed by atoms with E-state index in [0.717, 1.165) is 12.8 Å². The minimum absolute atomic E-state index is 0.103. The second kappa shape index (κ2) is 8.04. The van der Waals surface area contributed by atoms with Gasteiger partial charge in [0.05, 0.1) is 0 Å². The monoisotopic (exact) mass is 244 g/mol. The summed E-state index contributed by atoms with van der Waals surface area (Å²) in [4.78, 5) is 2.52. The van der Waals surface area contributed by atoms with Crippen molar-refractivity contribution in [2.24, 2.45) is 0 Å². The maximum Gasteiger partial charge on any atom is 0.117 e. The summed E-state index contributed by atoms with van der Waals surface area (Å²) in [5.74, 6) is 0.